The van der Waals surface area contributed by atoms with E-state index < -0.39 is 34.1 Å². The lowest BCUT2D eigenvalue weighted by atomic mass is 10.0. The Balaban J connectivity index is 1.39. The Labute approximate surface area is 208 Å². The third-order valence-corrected chi connectivity index (χ3v) is 6.93. The van der Waals surface area contributed by atoms with E-state index in [0.29, 0.717) is 17.2 Å². The number of amides is 1. The summed E-state index contributed by atoms with van der Waals surface area (Å²) in [5.74, 6) is -1.94. The zero-order valence-electron chi connectivity index (χ0n) is 18.4. The highest BCUT2D eigenvalue weighted by atomic mass is 35.5. The molecule has 3 aromatic carbocycles. The fraction of sp³-hybridized carbons (Fsp3) is 0.200. The molecule has 0 bridgehead atoms. The van der Waals surface area contributed by atoms with Gasteiger partial charge in [-0.1, -0.05) is 11.6 Å². The second-order valence-electron chi connectivity index (χ2n) is 7.82. The van der Waals surface area contributed by atoms with Gasteiger partial charge in [-0.25, -0.2) is 8.78 Å². The average molecular weight is 519 g/mol. The van der Waals surface area contributed by atoms with Crippen LogP contribution in [0.5, 0.6) is 5.75 Å². The molecule has 3 aromatic rings. The van der Waals surface area contributed by atoms with Gasteiger partial charge in [0.1, 0.15) is 5.75 Å². The van der Waals surface area contributed by atoms with Crippen molar-refractivity contribution < 1.29 is 27.3 Å². The number of rotatable bonds is 7. The predicted octanol–water partition coefficient (Wildman–Crippen LogP) is 4.44. The van der Waals surface area contributed by atoms with Crippen LogP contribution in [0.3, 0.4) is 0 Å². The molecule has 1 fully saturated rings. The number of hydrogen-bond donors (Lipinski definition) is 1. The number of nitrogens with zero attached hydrogens (tertiary/aromatic N) is 1. The van der Waals surface area contributed by atoms with Gasteiger partial charge in [0.05, 0.1) is 5.56 Å². The van der Waals surface area contributed by atoms with Crippen molar-refractivity contribution >= 4 is 45.5 Å². The normalized spacial score (nSPS) is 14.0. The summed E-state index contributed by atoms with van der Waals surface area (Å²) in [5.41, 5.74) is 1.48. The smallest absolute Gasteiger partial charge is 0.262 e. The van der Waals surface area contributed by atoms with E-state index in [1.165, 1.54) is 18.2 Å². The Bertz CT molecular complexity index is 1280. The molecule has 0 saturated carbocycles. The van der Waals surface area contributed by atoms with Gasteiger partial charge in [-0.15, -0.1) is 0 Å². The minimum absolute atomic E-state index is 0.0168. The first kappa shape index (κ1) is 24.8. The Morgan fingerprint density at radius 3 is 2.37 bits per heavy atom. The molecule has 0 radical (unpaired) electrons. The van der Waals surface area contributed by atoms with Gasteiger partial charge >= 0.3 is 0 Å². The van der Waals surface area contributed by atoms with E-state index in [2.05, 4.69) is 10.2 Å². The molecular weight excluding hydrogens is 498 g/mol. The minimum atomic E-state index is -1.15. The molecule has 0 spiro atoms. The highest BCUT2D eigenvalue weighted by Gasteiger charge is 2.19. The molecule has 1 amide bonds. The van der Waals surface area contributed by atoms with Crippen LogP contribution in [0.2, 0.25) is 5.02 Å². The minimum Gasteiger partial charge on any atom is -0.483 e. The first-order valence-corrected chi connectivity index (χ1v) is 12.6. The van der Waals surface area contributed by atoms with Crippen molar-refractivity contribution in [3.8, 4) is 5.75 Å². The van der Waals surface area contributed by atoms with Crippen LogP contribution >= 0.6 is 11.6 Å². The van der Waals surface area contributed by atoms with Crippen LogP contribution < -0.4 is 15.0 Å². The van der Waals surface area contributed by atoms with Gasteiger partial charge in [-0.05, 0) is 60.7 Å². The van der Waals surface area contributed by atoms with Crippen molar-refractivity contribution in [3.63, 3.8) is 0 Å². The summed E-state index contributed by atoms with van der Waals surface area (Å²) in [7, 11) is -0.757. The number of carbonyl (C=O) groups excluding carboxylic acids is 2. The van der Waals surface area contributed by atoms with E-state index in [-0.39, 0.29) is 28.5 Å². The molecule has 182 valence electrons. The Kier molecular flexibility index (Phi) is 7.77. The molecule has 1 aliphatic heterocycles. The average Bonchev–Trinajstić information content (AvgIpc) is 2.85. The molecule has 0 aromatic heterocycles. The largest absolute Gasteiger partial charge is 0.483 e. The summed E-state index contributed by atoms with van der Waals surface area (Å²) in [6, 6.07) is 14.4. The van der Waals surface area contributed by atoms with Crippen molar-refractivity contribution in [1.82, 2.24) is 0 Å². The summed E-state index contributed by atoms with van der Waals surface area (Å²) < 4.78 is 43.9. The maximum atomic E-state index is 13.6. The standard InChI is InChI=1S/C25H21ClF2N2O4S/c26-17-2-8-23(20(14-17)25(32)16-1-7-21(27)22(28)13-16)34-15-24(31)29-18-3-5-19(6-4-18)30-9-11-35(33)12-10-30/h1-8,13-14H,9-12,15H2,(H,29,31). The van der Waals surface area contributed by atoms with Crippen molar-refractivity contribution in [3.05, 3.63) is 88.4 Å². The monoisotopic (exact) mass is 518 g/mol. The molecule has 4 rings (SSSR count). The van der Waals surface area contributed by atoms with E-state index in [0.717, 1.165) is 37.0 Å². The summed E-state index contributed by atoms with van der Waals surface area (Å²) in [5, 5.41) is 2.96. The zero-order chi connectivity index (χ0) is 24.9. The van der Waals surface area contributed by atoms with Gasteiger partial charge < -0.3 is 15.0 Å². The Morgan fingerprint density at radius 1 is 0.971 bits per heavy atom. The molecule has 6 nitrogen and oxygen atoms in total. The fourth-order valence-electron chi connectivity index (χ4n) is 3.59. The van der Waals surface area contributed by atoms with Crippen LogP contribution in [0.25, 0.3) is 0 Å². The number of ether oxygens (including phenoxy) is 1. The molecule has 1 N–H and O–H groups in total. The van der Waals surface area contributed by atoms with Gasteiger partial charge in [-0.2, -0.15) is 0 Å². The number of anilines is 2. The van der Waals surface area contributed by atoms with E-state index >= 15 is 0 Å². The number of carbonyl (C=O) groups is 2. The lowest BCUT2D eigenvalue weighted by Crippen LogP contribution is -2.37. The number of halogens is 3. The summed E-state index contributed by atoms with van der Waals surface area (Å²) in [6.07, 6.45) is 0. The molecule has 0 aliphatic carbocycles. The summed E-state index contributed by atoms with van der Waals surface area (Å²) >= 11 is 6.01. The number of benzene rings is 3. The Morgan fingerprint density at radius 2 is 1.69 bits per heavy atom. The fourth-order valence-corrected chi connectivity index (χ4v) is 4.81. The first-order chi connectivity index (χ1) is 16.8. The van der Waals surface area contributed by atoms with Crippen LogP contribution in [-0.2, 0) is 15.6 Å². The third-order valence-electron chi connectivity index (χ3n) is 5.42. The highest BCUT2D eigenvalue weighted by Crippen LogP contribution is 2.26. The van der Waals surface area contributed by atoms with Gasteiger partial charge in [0, 0.05) is 57.4 Å². The van der Waals surface area contributed by atoms with Gasteiger partial charge in [0.2, 0.25) is 0 Å². The highest BCUT2D eigenvalue weighted by molar-refractivity contribution is 7.85. The summed E-state index contributed by atoms with van der Waals surface area (Å²) in [4.78, 5) is 27.4. The molecule has 35 heavy (non-hydrogen) atoms. The lowest BCUT2D eigenvalue weighted by Gasteiger charge is -2.28. The van der Waals surface area contributed by atoms with Crippen LogP contribution in [0.15, 0.2) is 60.7 Å². The molecule has 10 heteroatoms. The molecule has 0 atom stereocenters. The molecule has 0 unspecified atom stereocenters. The van der Waals surface area contributed by atoms with Crippen molar-refractivity contribution in [2.75, 3.05) is 41.4 Å². The quantitative estimate of drug-likeness (QED) is 0.468. The third kappa shape index (κ3) is 6.23. The van der Waals surface area contributed by atoms with E-state index in [9.17, 15) is 22.6 Å². The maximum Gasteiger partial charge on any atom is 0.262 e. The Hall–Kier alpha value is -3.30. The van der Waals surface area contributed by atoms with Crippen LogP contribution in [0.1, 0.15) is 15.9 Å². The molecule has 1 heterocycles. The van der Waals surface area contributed by atoms with Crippen LogP contribution in [-0.4, -0.2) is 47.1 Å². The first-order valence-electron chi connectivity index (χ1n) is 10.7. The number of ketones is 1. The molecule has 1 saturated heterocycles. The van der Waals surface area contributed by atoms with E-state index in [4.69, 9.17) is 16.3 Å². The van der Waals surface area contributed by atoms with Crippen LogP contribution in [0, 0.1) is 11.6 Å². The zero-order valence-corrected chi connectivity index (χ0v) is 20.0. The van der Waals surface area contributed by atoms with E-state index in [1.54, 1.807) is 12.1 Å². The predicted molar refractivity (Wildman–Crippen MR) is 132 cm³/mol. The van der Waals surface area contributed by atoms with Crippen molar-refractivity contribution in [2.45, 2.75) is 0 Å². The second-order valence-corrected chi connectivity index (χ2v) is 9.95. The second kappa shape index (κ2) is 11.0. The van der Waals surface area contributed by atoms with Gasteiger partial charge in [0.15, 0.2) is 24.0 Å². The molecular formula is C25H21ClF2N2O4S. The molecule has 1 aliphatic rings. The van der Waals surface area contributed by atoms with Gasteiger partial charge in [0.25, 0.3) is 5.91 Å². The topological polar surface area (TPSA) is 75.7 Å². The summed E-state index contributed by atoms with van der Waals surface area (Å²) in [6.45, 7) is 1.05. The van der Waals surface area contributed by atoms with Gasteiger partial charge in [-0.3, -0.25) is 13.8 Å². The van der Waals surface area contributed by atoms with Crippen LogP contribution in [0.4, 0.5) is 20.2 Å². The van der Waals surface area contributed by atoms with Crippen molar-refractivity contribution in [2.24, 2.45) is 0 Å². The number of nitrogens with one attached hydrogen (secondary N) is 1. The van der Waals surface area contributed by atoms with Crippen molar-refractivity contribution in [1.29, 1.82) is 0 Å². The number of hydrogen-bond acceptors (Lipinski definition) is 5. The SMILES string of the molecule is O=C(COc1ccc(Cl)cc1C(=O)c1ccc(F)c(F)c1)Nc1ccc(N2CCS(=O)CC2)cc1. The maximum absolute atomic E-state index is 13.6. The lowest BCUT2D eigenvalue weighted by molar-refractivity contribution is -0.118. The van der Waals surface area contributed by atoms with E-state index in [1.807, 2.05) is 12.1 Å².